The van der Waals surface area contributed by atoms with Gasteiger partial charge in [-0.05, 0) is 57.8 Å². The molecule has 456 valence electrons. The van der Waals surface area contributed by atoms with Gasteiger partial charge in [0.2, 0.25) is 5.91 Å². The number of amides is 1. The van der Waals surface area contributed by atoms with Crippen molar-refractivity contribution in [3.05, 3.63) is 24.3 Å². The molecule has 0 radical (unpaired) electrons. The maximum absolute atomic E-state index is 12.5. The number of aliphatic hydroxyl groups excluding tert-OH is 2. The van der Waals surface area contributed by atoms with E-state index in [0.29, 0.717) is 19.4 Å². The van der Waals surface area contributed by atoms with Gasteiger partial charge in [0.25, 0.3) is 0 Å². The Morgan fingerprint density at radius 1 is 0.351 bits per heavy atom. The van der Waals surface area contributed by atoms with Crippen LogP contribution in [-0.4, -0.2) is 47.4 Å². The van der Waals surface area contributed by atoms with Crippen molar-refractivity contribution in [2.24, 2.45) is 0 Å². The highest BCUT2D eigenvalue weighted by Crippen LogP contribution is 2.19. The number of ether oxygens (including phenoxy) is 1. The van der Waals surface area contributed by atoms with E-state index in [1.807, 2.05) is 6.08 Å². The molecule has 6 nitrogen and oxygen atoms in total. The largest absolute Gasteiger partial charge is 0.466 e. The molecule has 6 heteroatoms. The van der Waals surface area contributed by atoms with E-state index in [1.54, 1.807) is 6.08 Å². The highest BCUT2D eigenvalue weighted by atomic mass is 16.5. The molecule has 0 aromatic rings. The first-order valence-electron chi connectivity index (χ1n) is 35.1. The summed E-state index contributed by atoms with van der Waals surface area (Å²) in [5.74, 6) is -0.0492. The minimum atomic E-state index is -0.841. The second-order valence-corrected chi connectivity index (χ2v) is 24.2. The van der Waals surface area contributed by atoms with Crippen molar-refractivity contribution in [2.45, 2.75) is 405 Å². The fourth-order valence-electron chi connectivity index (χ4n) is 11.1. The number of aliphatic hydroxyl groups is 2. The zero-order chi connectivity index (χ0) is 55.7. The molecule has 0 rings (SSSR count). The molecular formula is C71H137NO5. The van der Waals surface area contributed by atoms with Crippen molar-refractivity contribution >= 4 is 11.9 Å². The average Bonchev–Trinajstić information content (AvgIpc) is 3.43. The standard InChI is InChI=1S/C71H137NO5/c1-3-5-7-9-11-13-15-17-35-39-43-47-51-55-59-63-69(74)68(67-73)72-70(75)64-60-56-52-48-44-40-37-33-31-29-27-25-23-21-19-20-22-24-26-28-30-32-34-38-42-46-50-54-58-62-66-77-71(76)65-61-57-53-49-45-41-36-18-16-14-12-10-8-6-4-2/h18,36,59,63,68-69,73-74H,3-17,19-35,37-58,60-62,64-67H2,1-2H3,(H,72,75)/b36-18-,63-59+. The summed E-state index contributed by atoms with van der Waals surface area (Å²) in [4.78, 5) is 24.6. The molecule has 2 unspecified atom stereocenters. The van der Waals surface area contributed by atoms with Gasteiger partial charge < -0.3 is 20.3 Å². The van der Waals surface area contributed by atoms with Crippen molar-refractivity contribution in [3.63, 3.8) is 0 Å². The number of rotatable bonds is 66. The molecule has 0 aromatic heterocycles. The van der Waals surface area contributed by atoms with E-state index in [9.17, 15) is 19.8 Å². The lowest BCUT2D eigenvalue weighted by Crippen LogP contribution is -2.45. The number of hydrogen-bond acceptors (Lipinski definition) is 5. The minimum Gasteiger partial charge on any atom is -0.466 e. The van der Waals surface area contributed by atoms with Gasteiger partial charge in [0.15, 0.2) is 0 Å². The van der Waals surface area contributed by atoms with E-state index in [4.69, 9.17) is 4.74 Å². The summed E-state index contributed by atoms with van der Waals surface area (Å²) in [6, 6.07) is -0.624. The zero-order valence-electron chi connectivity index (χ0n) is 52.2. The molecule has 0 saturated carbocycles. The highest BCUT2D eigenvalue weighted by molar-refractivity contribution is 5.76. The summed E-state index contributed by atoms with van der Waals surface area (Å²) < 4.78 is 5.49. The number of nitrogens with one attached hydrogen (secondary N) is 1. The molecule has 2 atom stereocenters. The molecule has 0 aliphatic rings. The van der Waals surface area contributed by atoms with Crippen molar-refractivity contribution in [1.82, 2.24) is 5.32 Å². The predicted molar refractivity (Wildman–Crippen MR) is 338 cm³/mol. The van der Waals surface area contributed by atoms with Crippen LogP contribution >= 0.6 is 0 Å². The Bertz CT molecular complexity index is 1200. The van der Waals surface area contributed by atoms with Gasteiger partial charge in [-0.2, -0.15) is 0 Å². The van der Waals surface area contributed by atoms with E-state index in [-0.39, 0.29) is 18.5 Å². The first kappa shape index (κ1) is 75.3. The summed E-state index contributed by atoms with van der Waals surface area (Å²) in [6.07, 6.45) is 84.0. The Kier molecular flexibility index (Phi) is 65.4. The van der Waals surface area contributed by atoms with Gasteiger partial charge in [0.1, 0.15) is 0 Å². The number of allylic oxidation sites excluding steroid dienone is 3. The smallest absolute Gasteiger partial charge is 0.305 e. The fourth-order valence-corrected chi connectivity index (χ4v) is 11.1. The zero-order valence-corrected chi connectivity index (χ0v) is 52.2. The average molecular weight is 1080 g/mol. The second-order valence-electron chi connectivity index (χ2n) is 24.2. The van der Waals surface area contributed by atoms with E-state index >= 15 is 0 Å². The number of carbonyl (C=O) groups excluding carboxylic acids is 2. The highest BCUT2D eigenvalue weighted by Gasteiger charge is 2.18. The third-order valence-electron chi connectivity index (χ3n) is 16.5. The normalized spacial score (nSPS) is 12.6. The first-order valence-corrected chi connectivity index (χ1v) is 35.1. The predicted octanol–water partition coefficient (Wildman–Crippen LogP) is 22.5. The third kappa shape index (κ3) is 63.4. The summed E-state index contributed by atoms with van der Waals surface area (Å²) >= 11 is 0. The summed E-state index contributed by atoms with van der Waals surface area (Å²) in [5.41, 5.74) is 0. The Hall–Kier alpha value is -1.66. The minimum absolute atomic E-state index is 0.0124. The molecule has 0 aliphatic heterocycles. The van der Waals surface area contributed by atoms with Gasteiger partial charge in [0.05, 0.1) is 25.4 Å². The monoisotopic (exact) mass is 1080 g/mol. The maximum atomic E-state index is 12.5. The van der Waals surface area contributed by atoms with E-state index in [2.05, 4.69) is 31.3 Å². The van der Waals surface area contributed by atoms with Crippen LogP contribution in [0.5, 0.6) is 0 Å². The second kappa shape index (κ2) is 66.8. The van der Waals surface area contributed by atoms with Gasteiger partial charge in [-0.15, -0.1) is 0 Å². The van der Waals surface area contributed by atoms with Gasteiger partial charge in [-0.1, -0.05) is 346 Å². The van der Waals surface area contributed by atoms with Crippen LogP contribution in [0.15, 0.2) is 24.3 Å². The molecular weight excluding hydrogens is 947 g/mol. The van der Waals surface area contributed by atoms with E-state index in [0.717, 1.165) is 44.9 Å². The van der Waals surface area contributed by atoms with Crippen LogP contribution in [0.1, 0.15) is 393 Å². The van der Waals surface area contributed by atoms with E-state index in [1.165, 1.54) is 321 Å². The summed E-state index contributed by atoms with van der Waals surface area (Å²) in [5, 5.41) is 23.2. The van der Waals surface area contributed by atoms with Crippen LogP contribution < -0.4 is 5.32 Å². The van der Waals surface area contributed by atoms with Crippen LogP contribution in [0.2, 0.25) is 0 Å². The molecule has 0 saturated heterocycles. The van der Waals surface area contributed by atoms with Crippen molar-refractivity contribution < 1.29 is 24.5 Å². The third-order valence-corrected chi connectivity index (χ3v) is 16.5. The summed E-state index contributed by atoms with van der Waals surface area (Å²) in [6.45, 7) is 4.93. The lowest BCUT2D eigenvalue weighted by Gasteiger charge is -2.20. The Labute approximate surface area is 481 Å². The molecule has 0 spiro atoms. The van der Waals surface area contributed by atoms with E-state index < -0.39 is 12.1 Å². The molecule has 3 N–H and O–H groups in total. The topological polar surface area (TPSA) is 95.9 Å². The molecule has 77 heavy (non-hydrogen) atoms. The maximum Gasteiger partial charge on any atom is 0.305 e. The van der Waals surface area contributed by atoms with Crippen molar-refractivity contribution in [1.29, 1.82) is 0 Å². The number of carbonyl (C=O) groups is 2. The van der Waals surface area contributed by atoms with Crippen molar-refractivity contribution in [3.8, 4) is 0 Å². The number of esters is 1. The van der Waals surface area contributed by atoms with Crippen LogP contribution in [0.4, 0.5) is 0 Å². The number of unbranched alkanes of at least 4 members (excludes halogenated alkanes) is 53. The molecule has 0 heterocycles. The molecule has 1 amide bonds. The Morgan fingerprint density at radius 3 is 0.922 bits per heavy atom. The SMILES string of the molecule is CCCCCCCC/C=C\CCCCCCCC(=O)OCCCCCCCCCCCCCCCCCCCCCCCCCCCCCCCCC(=O)NC(CO)C(O)/C=C/CCCCCCCCCCCCCCC. The van der Waals surface area contributed by atoms with Crippen LogP contribution in [0.25, 0.3) is 0 Å². The van der Waals surface area contributed by atoms with Gasteiger partial charge >= 0.3 is 5.97 Å². The van der Waals surface area contributed by atoms with Gasteiger partial charge in [-0.3, -0.25) is 9.59 Å². The van der Waals surface area contributed by atoms with Crippen LogP contribution in [0, 0.1) is 0 Å². The molecule has 0 aromatic carbocycles. The lowest BCUT2D eigenvalue weighted by atomic mass is 10.0. The fraction of sp³-hybridized carbons (Fsp3) is 0.915. The van der Waals surface area contributed by atoms with Crippen molar-refractivity contribution in [2.75, 3.05) is 13.2 Å². The van der Waals surface area contributed by atoms with Crippen LogP contribution in [-0.2, 0) is 14.3 Å². The first-order chi connectivity index (χ1) is 38.0. The van der Waals surface area contributed by atoms with Gasteiger partial charge in [-0.25, -0.2) is 0 Å². The number of hydrogen-bond donors (Lipinski definition) is 3. The molecule has 0 aliphatic carbocycles. The Balaban J connectivity index is 3.34. The molecule has 0 fully saturated rings. The lowest BCUT2D eigenvalue weighted by molar-refractivity contribution is -0.143. The molecule has 0 bridgehead atoms. The summed E-state index contributed by atoms with van der Waals surface area (Å²) in [7, 11) is 0. The van der Waals surface area contributed by atoms with Crippen LogP contribution in [0.3, 0.4) is 0 Å². The van der Waals surface area contributed by atoms with Gasteiger partial charge in [0, 0.05) is 12.8 Å². The Morgan fingerprint density at radius 2 is 0.610 bits per heavy atom. The quantitative estimate of drug-likeness (QED) is 0.0320.